The molecule has 0 saturated carbocycles. The van der Waals surface area contributed by atoms with Gasteiger partial charge in [0.1, 0.15) is 12.3 Å². The fraction of sp³-hybridized carbons (Fsp3) is 0.750. The molecule has 1 heterocycles. The Kier molecular flexibility index (Phi) is 5.83. The van der Waals surface area contributed by atoms with Crippen LogP contribution in [0.3, 0.4) is 0 Å². The van der Waals surface area contributed by atoms with Crippen LogP contribution in [0.4, 0.5) is 5.69 Å². The highest BCUT2D eigenvalue weighted by Gasteiger charge is 2.13. The maximum Gasteiger partial charge on any atom is 0.235 e. The number of anilines is 1. The Labute approximate surface area is 103 Å². The molecule has 0 aliphatic heterocycles. The average molecular weight is 241 g/mol. The second-order valence-electron chi connectivity index (χ2n) is 4.00. The quantitative estimate of drug-likeness (QED) is 0.704. The Morgan fingerprint density at radius 3 is 2.59 bits per heavy atom. The van der Waals surface area contributed by atoms with E-state index >= 15 is 0 Å². The maximum atomic E-state index is 5.98. The number of ether oxygens (including phenoxy) is 2. The van der Waals surface area contributed by atoms with Crippen LogP contribution >= 0.6 is 0 Å². The van der Waals surface area contributed by atoms with E-state index in [1.54, 1.807) is 4.68 Å². The maximum absolute atomic E-state index is 5.98. The normalized spacial score (nSPS) is 10.8. The summed E-state index contributed by atoms with van der Waals surface area (Å²) in [7, 11) is 1.84. The fourth-order valence-electron chi connectivity index (χ4n) is 1.61. The van der Waals surface area contributed by atoms with Gasteiger partial charge in [-0.05, 0) is 12.8 Å². The molecular formula is C12H23N3O2. The lowest BCUT2D eigenvalue weighted by molar-refractivity contribution is 0.0977. The third kappa shape index (κ3) is 3.93. The summed E-state index contributed by atoms with van der Waals surface area (Å²) in [5.74, 6) is 0.647. The van der Waals surface area contributed by atoms with Crippen LogP contribution in [0.25, 0.3) is 0 Å². The average Bonchev–Trinajstić information content (AvgIpc) is 2.56. The van der Waals surface area contributed by atoms with Gasteiger partial charge in [-0.2, -0.15) is 5.10 Å². The zero-order valence-corrected chi connectivity index (χ0v) is 11.0. The van der Waals surface area contributed by atoms with Gasteiger partial charge in [-0.1, -0.05) is 20.3 Å². The number of rotatable bonds is 8. The Balaban J connectivity index is 2.47. The summed E-state index contributed by atoms with van der Waals surface area (Å²) in [4.78, 5) is 0. The molecule has 0 bridgehead atoms. The van der Waals surface area contributed by atoms with Crippen molar-refractivity contribution in [1.29, 1.82) is 0 Å². The van der Waals surface area contributed by atoms with Gasteiger partial charge in [0.05, 0.1) is 12.3 Å². The number of aromatic nitrogens is 2. The van der Waals surface area contributed by atoms with Crippen LogP contribution in [0.5, 0.6) is 5.88 Å². The molecule has 0 aliphatic rings. The van der Waals surface area contributed by atoms with Gasteiger partial charge in [0.2, 0.25) is 5.88 Å². The van der Waals surface area contributed by atoms with Crippen LogP contribution in [0.2, 0.25) is 0 Å². The summed E-state index contributed by atoms with van der Waals surface area (Å²) >= 11 is 0. The van der Waals surface area contributed by atoms with E-state index in [9.17, 15) is 0 Å². The summed E-state index contributed by atoms with van der Waals surface area (Å²) in [6.07, 6.45) is 2.93. The molecule has 0 aromatic carbocycles. The number of nitrogen functional groups attached to an aromatic ring is 1. The monoisotopic (exact) mass is 241 g/mol. The Bertz CT molecular complexity index is 337. The molecule has 1 rings (SSSR count). The zero-order valence-electron chi connectivity index (χ0n) is 11.0. The molecule has 5 heteroatoms. The van der Waals surface area contributed by atoms with Crippen LogP contribution in [0.1, 0.15) is 32.4 Å². The second kappa shape index (κ2) is 7.17. The van der Waals surface area contributed by atoms with Crippen molar-refractivity contribution in [3.05, 3.63) is 5.69 Å². The molecule has 2 N–H and O–H groups in total. The highest BCUT2D eigenvalue weighted by Crippen LogP contribution is 2.25. The predicted octanol–water partition coefficient (Wildman–Crippen LogP) is 1.76. The predicted molar refractivity (Wildman–Crippen MR) is 68.2 cm³/mol. The molecule has 98 valence electrons. The van der Waals surface area contributed by atoms with Gasteiger partial charge in [-0.15, -0.1) is 0 Å². The van der Waals surface area contributed by atoms with Crippen LogP contribution in [0.15, 0.2) is 0 Å². The van der Waals surface area contributed by atoms with Gasteiger partial charge in [0.25, 0.3) is 0 Å². The highest BCUT2D eigenvalue weighted by molar-refractivity contribution is 5.53. The largest absolute Gasteiger partial charge is 0.474 e. The third-order valence-electron chi connectivity index (χ3n) is 2.41. The summed E-state index contributed by atoms with van der Waals surface area (Å²) in [6.45, 7) is 6.05. The lowest BCUT2D eigenvalue weighted by Gasteiger charge is -2.07. The van der Waals surface area contributed by atoms with Crippen molar-refractivity contribution in [1.82, 2.24) is 9.78 Å². The summed E-state index contributed by atoms with van der Waals surface area (Å²) in [5, 5.41) is 4.34. The summed E-state index contributed by atoms with van der Waals surface area (Å²) in [6, 6.07) is 0. The minimum absolute atomic E-state index is 0.509. The summed E-state index contributed by atoms with van der Waals surface area (Å²) < 4.78 is 12.6. The Morgan fingerprint density at radius 1 is 1.18 bits per heavy atom. The Hall–Kier alpha value is -1.23. The molecule has 1 aromatic rings. The number of aryl methyl sites for hydroxylation is 2. The molecule has 0 spiro atoms. The SMILES string of the molecule is CCCOCCOc1c(N)c(CCC)nn1C. The smallest absolute Gasteiger partial charge is 0.235 e. The lowest BCUT2D eigenvalue weighted by Crippen LogP contribution is -2.10. The van der Waals surface area contributed by atoms with Crippen LogP contribution in [-0.2, 0) is 18.2 Å². The number of nitrogens with zero attached hydrogens (tertiary/aromatic N) is 2. The van der Waals surface area contributed by atoms with Crippen molar-refractivity contribution in [3.8, 4) is 5.88 Å². The van der Waals surface area contributed by atoms with Gasteiger partial charge in [-0.3, -0.25) is 0 Å². The van der Waals surface area contributed by atoms with E-state index in [1.165, 1.54) is 0 Å². The van der Waals surface area contributed by atoms with Crippen molar-refractivity contribution in [2.45, 2.75) is 33.1 Å². The van der Waals surface area contributed by atoms with E-state index in [0.717, 1.165) is 31.6 Å². The van der Waals surface area contributed by atoms with Crippen molar-refractivity contribution < 1.29 is 9.47 Å². The first-order valence-corrected chi connectivity index (χ1v) is 6.22. The molecule has 0 amide bonds. The van der Waals surface area contributed by atoms with Crippen molar-refractivity contribution in [2.75, 3.05) is 25.6 Å². The molecule has 1 aromatic heterocycles. The van der Waals surface area contributed by atoms with Crippen LogP contribution in [0, 0.1) is 0 Å². The molecule has 0 fully saturated rings. The topological polar surface area (TPSA) is 62.3 Å². The molecule has 0 radical (unpaired) electrons. The van der Waals surface area contributed by atoms with Crippen molar-refractivity contribution in [3.63, 3.8) is 0 Å². The fourth-order valence-corrected chi connectivity index (χ4v) is 1.61. The minimum Gasteiger partial charge on any atom is -0.474 e. The second-order valence-corrected chi connectivity index (χ2v) is 4.00. The van der Waals surface area contributed by atoms with E-state index in [1.807, 2.05) is 7.05 Å². The van der Waals surface area contributed by atoms with Gasteiger partial charge in [0.15, 0.2) is 0 Å². The first-order valence-electron chi connectivity index (χ1n) is 6.22. The van der Waals surface area contributed by atoms with Gasteiger partial charge < -0.3 is 15.2 Å². The standard InChI is InChI=1S/C12H23N3O2/c1-4-6-10-11(13)12(15(3)14-10)17-9-8-16-7-5-2/h4-9,13H2,1-3H3. The first kappa shape index (κ1) is 13.8. The van der Waals surface area contributed by atoms with Gasteiger partial charge in [-0.25, -0.2) is 4.68 Å². The molecule has 0 saturated heterocycles. The van der Waals surface area contributed by atoms with E-state index in [4.69, 9.17) is 15.2 Å². The zero-order chi connectivity index (χ0) is 12.7. The van der Waals surface area contributed by atoms with Crippen LogP contribution < -0.4 is 10.5 Å². The number of hydrogen-bond donors (Lipinski definition) is 1. The molecule has 17 heavy (non-hydrogen) atoms. The molecule has 0 aliphatic carbocycles. The van der Waals surface area contributed by atoms with Crippen molar-refractivity contribution in [2.24, 2.45) is 7.05 Å². The van der Waals surface area contributed by atoms with E-state index in [2.05, 4.69) is 18.9 Å². The first-order chi connectivity index (χ1) is 8.20. The van der Waals surface area contributed by atoms with Crippen LogP contribution in [-0.4, -0.2) is 29.6 Å². The molecule has 0 unspecified atom stereocenters. The van der Waals surface area contributed by atoms with Gasteiger partial charge >= 0.3 is 0 Å². The number of hydrogen-bond acceptors (Lipinski definition) is 4. The third-order valence-corrected chi connectivity index (χ3v) is 2.41. The van der Waals surface area contributed by atoms with E-state index in [-0.39, 0.29) is 0 Å². The Morgan fingerprint density at radius 2 is 1.94 bits per heavy atom. The highest BCUT2D eigenvalue weighted by atomic mass is 16.5. The molecular weight excluding hydrogens is 218 g/mol. The van der Waals surface area contributed by atoms with Crippen molar-refractivity contribution >= 4 is 5.69 Å². The lowest BCUT2D eigenvalue weighted by atomic mass is 10.2. The van der Waals surface area contributed by atoms with Gasteiger partial charge in [0, 0.05) is 13.7 Å². The summed E-state index contributed by atoms with van der Waals surface area (Å²) in [5.41, 5.74) is 7.56. The van der Waals surface area contributed by atoms with E-state index in [0.29, 0.717) is 24.8 Å². The number of nitrogens with two attached hydrogens (primary N) is 1. The molecule has 5 nitrogen and oxygen atoms in total. The minimum atomic E-state index is 0.509. The van der Waals surface area contributed by atoms with E-state index < -0.39 is 0 Å². The molecule has 0 atom stereocenters.